The van der Waals surface area contributed by atoms with Gasteiger partial charge in [0.05, 0.1) is 48.7 Å². The van der Waals surface area contributed by atoms with Crippen molar-refractivity contribution in [3.63, 3.8) is 0 Å². The Balaban J connectivity index is 1.21. The van der Waals surface area contributed by atoms with Crippen molar-refractivity contribution in [3.8, 4) is 155 Å². The SMILES string of the molecule is C#Cc1ccc(C#Cc2ccc(C#Cc3ccc(C#C)cc3)c(C#Cc3cc(OCCC)c(C#Cc4cc(OCCC)c(C#Cc5cc(C#Cc6ccc(C#C)cc6)ccc5C#Cc5ccc(C#C)cc5)cc4OCCC)cc3OCCC)c2)cc1. The van der Waals surface area contributed by atoms with Crippen molar-refractivity contribution < 1.29 is 18.9 Å². The predicted octanol–water partition coefficient (Wildman–Crippen LogP) is 14.6. The summed E-state index contributed by atoms with van der Waals surface area (Å²) in [5.41, 5.74) is 13.2. The molecule has 0 aliphatic carbocycles. The van der Waals surface area contributed by atoms with Crippen molar-refractivity contribution in [2.24, 2.45) is 0 Å². The summed E-state index contributed by atoms with van der Waals surface area (Å²) in [6.07, 6.45) is 25.5. The molecule has 0 bridgehead atoms. The molecule has 0 unspecified atom stereocenters. The molecule has 0 spiro atoms. The predicted molar refractivity (Wildman–Crippen MR) is 348 cm³/mol. The van der Waals surface area contributed by atoms with E-state index in [9.17, 15) is 0 Å². The molecule has 0 fully saturated rings. The maximum atomic E-state index is 6.45. The fraction of sp³-hybridized carbons (Fsp3) is 0.146. The summed E-state index contributed by atoms with van der Waals surface area (Å²) in [7, 11) is 0. The molecule has 0 aliphatic heterocycles. The lowest BCUT2D eigenvalue weighted by Gasteiger charge is -2.14. The third kappa shape index (κ3) is 17.3. The van der Waals surface area contributed by atoms with Crippen LogP contribution in [-0.4, -0.2) is 26.4 Å². The number of hydrogen-bond acceptors (Lipinski definition) is 4. The Morgan fingerprint density at radius 3 is 0.663 bits per heavy atom. The van der Waals surface area contributed by atoms with Gasteiger partial charge in [-0.3, -0.25) is 0 Å². The average molecular weight is 1110 g/mol. The third-order valence-electron chi connectivity index (χ3n) is 12.6. The third-order valence-corrected chi connectivity index (χ3v) is 12.6. The molecule has 410 valence electrons. The summed E-state index contributed by atoms with van der Waals surface area (Å²) < 4.78 is 25.8. The van der Waals surface area contributed by atoms with Gasteiger partial charge in [-0.1, -0.05) is 134 Å². The van der Waals surface area contributed by atoms with Crippen molar-refractivity contribution in [2.45, 2.75) is 53.4 Å². The number of terminal acetylenes is 4. The average Bonchev–Trinajstić information content (AvgIpc) is 2.89. The first-order valence-electron chi connectivity index (χ1n) is 28.3. The maximum absolute atomic E-state index is 6.45. The van der Waals surface area contributed by atoms with Crippen LogP contribution in [0.15, 0.2) is 158 Å². The summed E-state index contributed by atoms with van der Waals surface area (Å²) in [5.74, 6) is 59.7. The molecule has 0 aromatic heterocycles. The fourth-order valence-corrected chi connectivity index (χ4v) is 8.08. The van der Waals surface area contributed by atoms with Crippen molar-refractivity contribution >= 4 is 0 Å². The number of hydrogen-bond donors (Lipinski definition) is 0. The molecule has 8 aromatic rings. The van der Waals surface area contributed by atoms with Crippen LogP contribution in [0.3, 0.4) is 0 Å². The minimum atomic E-state index is 0.446. The highest BCUT2D eigenvalue weighted by Crippen LogP contribution is 2.32. The van der Waals surface area contributed by atoms with Crippen LogP contribution in [0, 0.1) is 132 Å². The summed E-state index contributed by atoms with van der Waals surface area (Å²) in [5, 5.41) is 0. The topological polar surface area (TPSA) is 36.9 Å². The molecule has 4 heteroatoms. The normalized spacial score (nSPS) is 9.53. The number of rotatable bonds is 12. The van der Waals surface area contributed by atoms with Crippen molar-refractivity contribution in [1.82, 2.24) is 0 Å². The zero-order valence-electron chi connectivity index (χ0n) is 48.6. The van der Waals surface area contributed by atoms with Crippen LogP contribution >= 0.6 is 0 Å². The molecular weight excluding hydrogens is 1050 g/mol. The van der Waals surface area contributed by atoms with E-state index in [1.54, 1.807) is 0 Å². The van der Waals surface area contributed by atoms with Gasteiger partial charge in [0.1, 0.15) is 23.0 Å². The summed E-state index contributed by atoms with van der Waals surface area (Å²) >= 11 is 0. The molecule has 0 saturated heterocycles. The minimum absolute atomic E-state index is 0.446. The highest BCUT2D eigenvalue weighted by atomic mass is 16.5. The van der Waals surface area contributed by atoms with Gasteiger partial charge in [-0.05, 0) is 159 Å². The molecule has 86 heavy (non-hydrogen) atoms. The van der Waals surface area contributed by atoms with Gasteiger partial charge in [0.25, 0.3) is 0 Å². The molecule has 0 saturated carbocycles. The van der Waals surface area contributed by atoms with E-state index in [2.05, 4.69) is 134 Å². The smallest absolute Gasteiger partial charge is 0.136 e. The van der Waals surface area contributed by atoms with Crippen LogP contribution in [0.1, 0.15) is 154 Å². The van der Waals surface area contributed by atoms with Gasteiger partial charge >= 0.3 is 0 Å². The second-order valence-corrected chi connectivity index (χ2v) is 19.2. The zero-order valence-corrected chi connectivity index (χ0v) is 48.6. The Morgan fingerprint density at radius 1 is 0.221 bits per heavy atom. The second-order valence-electron chi connectivity index (χ2n) is 19.2. The van der Waals surface area contributed by atoms with Gasteiger partial charge in [0.2, 0.25) is 0 Å². The van der Waals surface area contributed by atoms with E-state index in [0.29, 0.717) is 82.8 Å². The van der Waals surface area contributed by atoms with Gasteiger partial charge in [-0.2, -0.15) is 0 Å². The lowest BCUT2D eigenvalue weighted by Crippen LogP contribution is -2.03. The zero-order chi connectivity index (χ0) is 60.3. The van der Waals surface area contributed by atoms with Crippen LogP contribution in [0.4, 0.5) is 0 Å². The Bertz CT molecular complexity index is 4150. The monoisotopic (exact) mass is 1110 g/mol. The Kier molecular flexibility index (Phi) is 22.0. The quantitative estimate of drug-likeness (QED) is 0.114. The van der Waals surface area contributed by atoms with E-state index < -0.39 is 0 Å². The van der Waals surface area contributed by atoms with Crippen molar-refractivity contribution in [1.29, 1.82) is 0 Å². The summed E-state index contributed by atoms with van der Waals surface area (Å²) in [6, 6.07) is 49.5. The molecule has 0 radical (unpaired) electrons. The molecular formula is C82H58O4. The van der Waals surface area contributed by atoms with E-state index in [4.69, 9.17) is 44.6 Å². The Labute approximate surface area is 509 Å². The molecule has 0 N–H and O–H groups in total. The summed E-state index contributed by atoms with van der Waals surface area (Å²) in [4.78, 5) is 0. The van der Waals surface area contributed by atoms with E-state index in [0.717, 1.165) is 92.4 Å². The first-order valence-corrected chi connectivity index (χ1v) is 28.3. The van der Waals surface area contributed by atoms with E-state index >= 15 is 0 Å². The van der Waals surface area contributed by atoms with Gasteiger partial charge < -0.3 is 18.9 Å². The largest absolute Gasteiger partial charge is 0.492 e. The van der Waals surface area contributed by atoms with Crippen LogP contribution in [0.2, 0.25) is 0 Å². The van der Waals surface area contributed by atoms with E-state index in [-0.39, 0.29) is 0 Å². The van der Waals surface area contributed by atoms with Crippen LogP contribution in [-0.2, 0) is 0 Å². The molecule has 8 aromatic carbocycles. The standard InChI is InChI=1S/C82H58O4/c1-9-51-83-79-59-77(81(85-53-11-3)57-75(79)47-45-73-55-69(35-33-65-25-17-61(13-5)18-26-65)39-43-71(73)41-37-67-29-21-63(15-7)22-30-67)49-50-78-60-80(84-52-10-2)76(58-82(78)86-54-12-4)48-46-74-56-70(36-34-66-27-19-62(14-6)20-28-66)40-44-72(74)42-38-68-31-23-64(16-8)24-32-68/h5-8,17-32,39-40,43-44,55-60H,9-12,51-54H2,1-4H3. The number of benzene rings is 8. The van der Waals surface area contributed by atoms with Crippen LogP contribution < -0.4 is 18.9 Å². The van der Waals surface area contributed by atoms with Gasteiger partial charge in [0.15, 0.2) is 0 Å². The first-order chi connectivity index (χ1) is 42.2. The maximum Gasteiger partial charge on any atom is 0.136 e. The minimum Gasteiger partial charge on any atom is -0.492 e. The highest BCUT2D eigenvalue weighted by molar-refractivity contribution is 5.67. The van der Waals surface area contributed by atoms with Crippen LogP contribution in [0.5, 0.6) is 23.0 Å². The lowest BCUT2D eigenvalue weighted by molar-refractivity contribution is 0.307. The van der Waals surface area contributed by atoms with E-state index in [1.807, 2.05) is 158 Å². The molecule has 0 atom stereocenters. The van der Waals surface area contributed by atoms with Crippen molar-refractivity contribution in [3.05, 3.63) is 258 Å². The van der Waals surface area contributed by atoms with Crippen molar-refractivity contribution in [2.75, 3.05) is 26.4 Å². The lowest BCUT2D eigenvalue weighted by atomic mass is 10.0. The fourth-order valence-electron chi connectivity index (χ4n) is 8.08. The highest BCUT2D eigenvalue weighted by Gasteiger charge is 2.14. The van der Waals surface area contributed by atoms with Gasteiger partial charge in [-0.15, -0.1) is 25.7 Å². The second kappa shape index (κ2) is 31.4. The molecule has 4 nitrogen and oxygen atoms in total. The Hall–Kier alpha value is -11.9. The van der Waals surface area contributed by atoms with Crippen LogP contribution in [0.25, 0.3) is 0 Å². The first kappa shape index (κ1) is 60.2. The molecule has 0 amide bonds. The molecule has 0 heterocycles. The summed E-state index contributed by atoms with van der Waals surface area (Å²) in [6.45, 7) is 10.0. The van der Waals surface area contributed by atoms with E-state index in [1.165, 1.54) is 0 Å². The molecule has 8 rings (SSSR count). The van der Waals surface area contributed by atoms with Gasteiger partial charge in [-0.25, -0.2) is 0 Å². The van der Waals surface area contributed by atoms with Gasteiger partial charge in [0, 0.05) is 102 Å². The Morgan fingerprint density at radius 2 is 0.419 bits per heavy atom. The molecule has 0 aliphatic rings. The number of ether oxygens (including phenoxy) is 4.